The molecule has 0 amide bonds. The molecule has 5 heteroatoms. The van der Waals surface area contributed by atoms with Gasteiger partial charge in [-0.15, -0.1) is 0 Å². The van der Waals surface area contributed by atoms with E-state index >= 15 is 0 Å². The summed E-state index contributed by atoms with van der Waals surface area (Å²) in [6, 6.07) is -0.125. The van der Waals surface area contributed by atoms with Crippen LogP contribution in [-0.2, 0) is 10.0 Å². The predicted molar refractivity (Wildman–Crippen MR) is 64.1 cm³/mol. The Kier molecular flexibility index (Phi) is 5.23. The fourth-order valence-corrected chi connectivity index (χ4v) is 2.77. The van der Waals surface area contributed by atoms with Crippen LogP contribution in [0.1, 0.15) is 34.6 Å². The quantitative estimate of drug-likeness (QED) is 0.746. The molecule has 0 spiro atoms. The largest absolute Gasteiger partial charge is 0.326 e. The van der Waals surface area contributed by atoms with Crippen molar-refractivity contribution in [3.63, 3.8) is 0 Å². The highest BCUT2D eigenvalue weighted by Crippen LogP contribution is 2.15. The number of sulfonamides is 1. The van der Waals surface area contributed by atoms with Crippen molar-refractivity contribution in [3.05, 3.63) is 0 Å². The maximum absolute atomic E-state index is 11.6. The topological polar surface area (TPSA) is 72.2 Å². The Labute approximate surface area is 93.7 Å². The third-order valence-electron chi connectivity index (χ3n) is 2.02. The average Bonchev–Trinajstić information content (AvgIpc) is 1.95. The first-order valence-electron chi connectivity index (χ1n) is 5.26. The third kappa shape index (κ3) is 7.76. The normalized spacial score (nSPS) is 15.7. The molecule has 0 aliphatic rings. The van der Waals surface area contributed by atoms with E-state index in [0.29, 0.717) is 6.54 Å². The van der Waals surface area contributed by atoms with Crippen LogP contribution in [0.5, 0.6) is 0 Å². The molecule has 0 aromatic carbocycles. The second-order valence-electron chi connectivity index (χ2n) is 5.58. The predicted octanol–water partition coefficient (Wildman–Crippen LogP) is 0.935. The minimum Gasteiger partial charge on any atom is -0.326 e. The summed E-state index contributed by atoms with van der Waals surface area (Å²) in [5.41, 5.74) is 5.53. The Morgan fingerprint density at radius 1 is 1.27 bits per heavy atom. The first-order valence-corrected chi connectivity index (χ1v) is 6.92. The Morgan fingerprint density at radius 3 is 2.07 bits per heavy atom. The summed E-state index contributed by atoms with van der Waals surface area (Å²) >= 11 is 0. The monoisotopic (exact) mass is 236 g/mol. The van der Waals surface area contributed by atoms with Crippen LogP contribution in [-0.4, -0.2) is 26.8 Å². The molecule has 0 bridgehead atoms. The molecule has 0 fully saturated rings. The standard InChI is InChI=1S/C10H24N2O2S/c1-8(2)9(11)6-12-15(13,14)7-10(3,4)5/h8-9,12H,6-7,11H2,1-5H3. The van der Waals surface area contributed by atoms with E-state index in [9.17, 15) is 8.42 Å². The minimum atomic E-state index is -3.20. The zero-order valence-corrected chi connectivity index (χ0v) is 11.2. The Balaban J connectivity index is 4.18. The molecular weight excluding hydrogens is 212 g/mol. The highest BCUT2D eigenvalue weighted by molar-refractivity contribution is 7.89. The van der Waals surface area contributed by atoms with Gasteiger partial charge >= 0.3 is 0 Å². The lowest BCUT2D eigenvalue weighted by Gasteiger charge is -2.20. The van der Waals surface area contributed by atoms with E-state index in [4.69, 9.17) is 5.73 Å². The second-order valence-corrected chi connectivity index (χ2v) is 7.38. The van der Waals surface area contributed by atoms with Crippen molar-refractivity contribution in [2.24, 2.45) is 17.1 Å². The molecule has 0 saturated carbocycles. The highest BCUT2D eigenvalue weighted by Gasteiger charge is 2.22. The van der Waals surface area contributed by atoms with Crippen molar-refractivity contribution in [2.45, 2.75) is 40.7 Å². The third-order valence-corrected chi connectivity index (χ3v) is 3.87. The summed E-state index contributed by atoms with van der Waals surface area (Å²) < 4.78 is 25.8. The van der Waals surface area contributed by atoms with Gasteiger partial charge in [0.25, 0.3) is 0 Å². The molecule has 0 heterocycles. The number of rotatable bonds is 5. The van der Waals surface area contributed by atoms with Gasteiger partial charge in [-0.1, -0.05) is 34.6 Å². The summed E-state index contributed by atoms with van der Waals surface area (Å²) in [6.45, 7) is 9.96. The van der Waals surface area contributed by atoms with Gasteiger partial charge in [0.05, 0.1) is 5.75 Å². The molecule has 0 aromatic heterocycles. The Hall–Kier alpha value is -0.130. The van der Waals surface area contributed by atoms with Crippen molar-refractivity contribution in [1.82, 2.24) is 4.72 Å². The van der Waals surface area contributed by atoms with Gasteiger partial charge in [0.15, 0.2) is 0 Å². The minimum absolute atomic E-state index is 0.125. The van der Waals surface area contributed by atoms with Gasteiger partial charge < -0.3 is 5.73 Å². The number of nitrogens with two attached hydrogens (primary N) is 1. The van der Waals surface area contributed by atoms with Crippen molar-refractivity contribution < 1.29 is 8.42 Å². The molecule has 4 nitrogen and oxygen atoms in total. The van der Waals surface area contributed by atoms with E-state index in [0.717, 1.165) is 0 Å². The summed E-state index contributed by atoms with van der Waals surface area (Å²) in [5, 5.41) is 0. The fraction of sp³-hybridized carbons (Fsp3) is 1.00. The van der Waals surface area contributed by atoms with Crippen molar-refractivity contribution in [1.29, 1.82) is 0 Å². The van der Waals surface area contributed by atoms with Gasteiger partial charge in [0.2, 0.25) is 10.0 Å². The maximum Gasteiger partial charge on any atom is 0.212 e. The van der Waals surface area contributed by atoms with Gasteiger partial charge in [-0.25, -0.2) is 13.1 Å². The lowest BCUT2D eigenvalue weighted by molar-refractivity contribution is 0.449. The molecule has 0 saturated heterocycles. The number of hydrogen-bond donors (Lipinski definition) is 2. The van der Waals surface area contributed by atoms with E-state index in [2.05, 4.69) is 4.72 Å². The number of hydrogen-bond acceptors (Lipinski definition) is 3. The molecule has 3 N–H and O–H groups in total. The van der Waals surface area contributed by atoms with Gasteiger partial charge in [-0.05, 0) is 11.3 Å². The van der Waals surface area contributed by atoms with Gasteiger partial charge in [0, 0.05) is 12.6 Å². The maximum atomic E-state index is 11.6. The first kappa shape index (κ1) is 14.9. The van der Waals surface area contributed by atoms with Crippen molar-refractivity contribution in [3.8, 4) is 0 Å². The van der Waals surface area contributed by atoms with E-state index in [1.54, 1.807) is 0 Å². The van der Waals surface area contributed by atoms with Crippen LogP contribution in [0.2, 0.25) is 0 Å². The lowest BCUT2D eigenvalue weighted by Crippen LogP contribution is -2.42. The summed E-state index contributed by atoms with van der Waals surface area (Å²) in [5.74, 6) is 0.410. The van der Waals surface area contributed by atoms with E-state index in [-0.39, 0.29) is 23.1 Å². The summed E-state index contributed by atoms with van der Waals surface area (Å²) in [6.07, 6.45) is 0. The second kappa shape index (κ2) is 5.27. The van der Waals surface area contributed by atoms with Crippen LogP contribution in [0.25, 0.3) is 0 Å². The molecule has 1 unspecified atom stereocenters. The van der Waals surface area contributed by atoms with E-state index in [1.165, 1.54) is 0 Å². The van der Waals surface area contributed by atoms with Gasteiger partial charge in [-0.3, -0.25) is 0 Å². The fourth-order valence-electron chi connectivity index (χ4n) is 1.08. The van der Waals surface area contributed by atoms with Crippen molar-refractivity contribution in [2.75, 3.05) is 12.3 Å². The molecule has 92 valence electrons. The smallest absolute Gasteiger partial charge is 0.212 e. The van der Waals surface area contributed by atoms with Gasteiger partial charge in [0.1, 0.15) is 0 Å². The van der Waals surface area contributed by atoms with Gasteiger partial charge in [-0.2, -0.15) is 0 Å². The molecule has 0 aliphatic heterocycles. The SMILES string of the molecule is CC(C)C(N)CNS(=O)(=O)CC(C)(C)C. The van der Waals surface area contributed by atoms with Crippen LogP contribution in [0.4, 0.5) is 0 Å². The highest BCUT2D eigenvalue weighted by atomic mass is 32.2. The lowest BCUT2D eigenvalue weighted by atomic mass is 10.0. The zero-order valence-electron chi connectivity index (χ0n) is 10.4. The van der Waals surface area contributed by atoms with E-state index < -0.39 is 10.0 Å². The van der Waals surface area contributed by atoms with Crippen LogP contribution in [0.3, 0.4) is 0 Å². The van der Waals surface area contributed by atoms with Crippen LogP contribution < -0.4 is 10.5 Å². The van der Waals surface area contributed by atoms with Crippen molar-refractivity contribution >= 4 is 10.0 Å². The molecule has 15 heavy (non-hydrogen) atoms. The molecule has 0 aromatic rings. The van der Waals surface area contributed by atoms with Crippen LogP contribution in [0.15, 0.2) is 0 Å². The molecule has 1 atom stereocenters. The Bertz CT molecular complexity index is 278. The van der Waals surface area contributed by atoms with Crippen LogP contribution >= 0.6 is 0 Å². The molecule has 0 aliphatic carbocycles. The number of nitrogens with one attached hydrogen (secondary N) is 1. The van der Waals surface area contributed by atoms with Crippen LogP contribution in [0, 0.1) is 11.3 Å². The molecular formula is C10H24N2O2S. The molecule has 0 rings (SSSR count). The molecule has 0 radical (unpaired) electrons. The van der Waals surface area contributed by atoms with E-state index in [1.807, 2.05) is 34.6 Å². The summed E-state index contributed by atoms with van der Waals surface area (Å²) in [4.78, 5) is 0. The average molecular weight is 236 g/mol. The zero-order chi connectivity index (χ0) is 12.3. The summed E-state index contributed by atoms with van der Waals surface area (Å²) in [7, 11) is -3.20. The first-order chi connectivity index (χ1) is 6.53. The Morgan fingerprint density at radius 2 is 1.73 bits per heavy atom.